The maximum absolute atomic E-state index is 8.55. The summed E-state index contributed by atoms with van der Waals surface area (Å²) in [5, 5.41) is 0. The number of hydrogen-bond acceptors (Lipinski definition) is 4. The molecule has 0 aromatic rings. The van der Waals surface area contributed by atoms with E-state index in [1.54, 1.807) is 0 Å². The van der Waals surface area contributed by atoms with Gasteiger partial charge in [0, 0.05) is 0 Å². The molecule has 0 bridgehead atoms. The van der Waals surface area contributed by atoms with Crippen LogP contribution in [0.1, 0.15) is 0 Å². The van der Waals surface area contributed by atoms with Gasteiger partial charge in [0.1, 0.15) is 0 Å². The minimum absolute atomic E-state index is 0. The van der Waals surface area contributed by atoms with Gasteiger partial charge in [-0.15, -0.1) is 0 Å². The summed E-state index contributed by atoms with van der Waals surface area (Å²) in [5.74, 6) is 0. The molecule has 0 N–H and O–H groups in total. The summed E-state index contributed by atoms with van der Waals surface area (Å²) < 4.78 is 8.55. The minimum atomic E-state index is -5.39. The zero-order valence-electron chi connectivity index (χ0n) is 4.49. The molecule has 0 aliphatic rings. The molecule has 0 aliphatic carbocycles. The Morgan fingerprint density at radius 3 is 1.00 bits per heavy atom. The standard InChI is InChI=1S/K.2Mg.H3O4P/c;;;1-5(2,3)4/h;;;(H3,1,2,3,4)/q+1;2*+2;/p-3. The molecule has 0 spiro atoms. The van der Waals surface area contributed by atoms with Crippen molar-refractivity contribution in [2.45, 2.75) is 0 Å². The molecule has 0 amide bonds. The second kappa shape index (κ2) is 10.3. The molecule has 8 heteroatoms. The molecule has 0 saturated carbocycles. The van der Waals surface area contributed by atoms with Gasteiger partial charge in [-0.25, -0.2) is 0 Å². The second-order valence-electron chi connectivity index (χ2n) is 0.447. The molecular formula is KMg2O4P+2. The van der Waals surface area contributed by atoms with Gasteiger partial charge >= 0.3 is 97.5 Å². The average molecular weight is 183 g/mol. The van der Waals surface area contributed by atoms with Crippen LogP contribution in [0.5, 0.6) is 0 Å². The van der Waals surface area contributed by atoms with Crippen molar-refractivity contribution in [1.82, 2.24) is 0 Å². The fourth-order valence-corrected chi connectivity index (χ4v) is 0. The van der Waals surface area contributed by atoms with Gasteiger partial charge in [0.25, 0.3) is 0 Å². The fourth-order valence-electron chi connectivity index (χ4n) is 0. The third-order valence-electron chi connectivity index (χ3n) is 0. The first kappa shape index (κ1) is 22.5. The van der Waals surface area contributed by atoms with Gasteiger partial charge in [0.15, 0.2) is 0 Å². The molecule has 0 saturated heterocycles. The smallest absolute Gasteiger partial charge is 0.822 e. The van der Waals surface area contributed by atoms with Crippen molar-refractivity contribution in [3.8, 4) is 0 Å². The van der Waals surface area contributed by atoms with Crippen LogP contribution < -0.4 is 66.1 Å². The van der Waals surface area contributed by atoms with Crippen LogP contribution >= 0.6 is 7.82 Å². The Morgan fingerprint density at radius 2 is 1.00 bits per heavy atom. The van der Waals surface area contributed by atoms with E-state index in [0.29, 0.717) is 0 Å². The van der Waals surface area contributed by atoms with Gasteiger partial charge < -0.3 is 19.2 Å². The minimum Gasteiger partial charge on any atom is -0.822 e. The average Bonchev–Trinajstić information content (AvgIpc) is 0.722. The van der Waals surface area contributed by atoms with E-state index in [0.717, 1.165) is 0 Å². The van der Waals surface area contributed by atoms with Crippen molar-refractivity contribution in [2.75, 3.05) is 0 Å². The van der Waals surface area contributed by atoms with Crippen LogP contribution in [-0.4, -0.2) is 46.1 Å². The molecule has 8 heavy (non-hydrogen) atoms. The topological polar surface area (TPSA) is 86.2 Å². The first-order valence-corrected chi connectivity index (χ1v) is 2.19. The third kappa shape index (κ3) is 59.2. The van der Waals surface area contributed by atoms with Gasteiger partial charge in [-0.1, -0.05) is 0 Å². The largest absolute Gasteiger partial charge is 2.00 e. The third-order valence-corrected chi connectivity index (χ3v) is 0. The van der Waals surface area contributed by atoms with Crippen molar-refractivity contribution in [3.63, 3.8) is 0 Å². The van der Waals surface area contributed by atoms with Crippen LogP contribution in [0, 0.1) is 0 Å². The Labute approximate surface area is 122 Å². The molecule has 0 rings (SSSR count). The van der Waals surface area contributed by atoms with E-state index in [1.165, 1.54) is 0 Å². The molecule has 32 valence electrons. The summed E-state index contributed by atoms with van der Waals surface area (Å²) in [5.41, 5.74) is 0. The van der Waals surface area contributed by atoms with Gasteiger partial charge in [-0.2, -0.15) is 7.82 Å². The predicted octanol–water partition coefficient (Wildman–Crippen LogP) is -6.58. The zero-order valence-corrected chi connectivity index (χ0v) is 11.3. The molecule has 0 aromatic heterocycles. The monoisotopic (exact) mass is 182 g/mol. The summed E-state index contributed by atoms with van der Waals surface area (Å²) in [6.45, 7) is 0. The molecule has 0 aliphatic heterocycles. The summed E-state index contributed by atoms with van der Waals surface area (Å²) >= 11 is 0. The Hall–Kier alpha value is 3.28. The molecular weight excluding hydrogens is 183 g/mol. The summed E-state index contributed by atoms with van der Waals surface area (Å²) in [6.07, 6.45) is 0. The summed E-state index contributed by atoms with van der Waals surface area (Å²) in [4.78, 5) is 25.6. The van der Waals surface area contributed by atoms with Crippen LogP contribution in [0.15, 0.2) is 0 Å². The summed E-state index contributed by atoms with van der Waals surface area (Å²) in [6, 6.07) is 0. The van der Waals surface area contributed by atoms with Crippen molar-refractivity contribution in [3.05, 3.63) is 0 Å². The first-order valence-electron chi connectivity index (χ1n) is 0.730. The maximum atomic E-state index is 8.55. The van der Waals surface area contributed by atoms with E-state index in [2.05, 4.69) is 0 Å². The molecule has 4 nitrogen and oxygen atoms in total. The molecule has 0 fully saturated rings. The Bertz CT molecular complexity index is 60.2. The molecule has 0 aromatic carbocycles. The van der Waals surface area contributed by atoms with Crippen LogP contribution in [0.2, 0.25) is 0 Å². The van der Waals surface area contributed by atoms with E-state index >= 15 is 0 Å². The quantitative estimate of drug-likeness (QED) is 0.275. The normalized spacial score (nSPS) is 7.38. The first-order chi connectivity index (χ1) is 2.00. The van der Waals surface area contributed by atoms with Gasteiger partial charge in [0.05, 0.1) is 0 Å². The Kier molecular flexibility index (Phi) is 28.9. The van der Waals surface area contributed by atoms with E-state index in [1.807, 2.05) is 0 Å². The van der Waals surface area contributed by atoms with Crippen molar-refractivity contribution < 1.29 is 70.6 Å². The predicted molar refractivity (Wildman–Crippen MR) is 19.1 cm³/mol. The van der Waals surface area contributed by atoms with E-state index in [4.69, 9.17) is 19.2 Å². The number of rotatable bonds is 0. The van der Waals surface area contributed by atoms with Crippen LogP contribution in [0.3, 0.4) is 0 Å². The van der Waals surface area contributed by atoms with Crippen LogP contribution in [0.25, 0.3) is 0 Å². The molecule has 0 unspecified atom stereocenters. The van der Waals surface area contributed by atoms with Crippen LogP contribution in [-0.2, 0) is 4.57 Å². The molecule has 0 heterocycles. The van der Waals surface area contributed by atoms with Crippen LogP contribution in [0.4, 0.5) is 0 Å². The van der Waals surface area contributed by atoms with E-state index in [-0.39, 0.29) is 97.5 Å². The maximum Gasteiger partial charge on any atom is 2.00 e. The zero-order chi connectivity index (χ0) is 4.50. The summed E-state index contributed by atoms with van der Waals surface area (Å²) in [7, 11) is -5.39. The van der Waals surface area contributed by atoms with E-state index in [9.17, 15) is 0 Å². The molecule has 0 radical (unpaired) electrons. The van der Waals surface area contributed by atoms with Crippen molar-refractivity contribution in [1.29, 1.82) is 0 Å². The van der Waals surface area contributed by atoms with Gasteiger partial charge in [0.2, 0.25) is 0 Å². The van der Waals surface area contributed by atoms with Crippen molar-refractivity contribution in [2.24, 2.45) is 0 Å². The number of phosphoric acid groups is 1. The van der Waals surface area contributed by atoms with Crippen molar-refractivity contribution >= 4 is 53.9 Å². The second-order valence-corrected chi connectivity index (χ2v) is 1.34. The van der Waals surface area contributed by atoms with Gasteiger partial charge in [-0.05, 0) is 0 Å². The Balaban J connectivity index is -0.0000000267. The van der Waals surface area contributed by atoms with Gasteiger partial charge in [-0.3, -0.25) is 0 Å². The fraction of sp³-hybridized carbons (Fsp3) is 0. The molecule has 0 atom stereocenters. The Morgan fingerprint density at radius 1 is 1.00 bits per heavy atom. The number of hydrogen-bond donors (Lipinski definition) is 0. The van der Waals surface area contributed by atoms with E-state index < -0.39 is 7.82 Å². The SMILES string of the molecule is O=P([O-])([O-])[O-].[K+].[Mg+2].[Mg+2].